The van der Waals surface area contributed by atoms with Gasteiger partial charge in [0.2, 0.25) is 0 Å². The highest BCUT2D eigenvalue weighted by molar-refractivity contribution is 7.99. The molecule has 0 radical (unpaired) electrons. The van der Waals surface area contributed by atoms with E-state index in [1.54, 1.807) is 6.07 Å². The van der Waals surface area contributed by atoms with Crippen molar-refractivity contribution in [3.8, 4) is 5.75 Å². The topological polar surface area (TPSA) is 60.8 Å². The molecule has 0 fully saturated rings. The van der Waals surface area contributed by atoms with E-state index >= 15 is 0 Å². The highest BCUT2D eigenvalue weighted by Crippen LogP contribution is 2.47. The number of thioether (sulfide) groups is 1. The van der Waals surface area contributed by atoms with E-state index < -0.39 is 5.97 Å². The number of para-hydroxylation sites is 1. The molecular formula is C28H29NO3S. The molecule has 5 rings (SSSR count). The Hall–Kier alpha value is -2.92. The lowest BCUT2D eigenvalue weighted by atomic mass is 9.79. The van der Waals surface area contributed by atoms with Crippen molar-refractivity contribution in [2.75, 3.05) is 17.2 Å². The molecule has 2 aliphatic rings. The summed E-state index contributed by atoms with van der Waals surface area (Å²) < 4.78 is 0. The Morgan fingerprint density at radius 1 is 1.12 bits per heavy atom. The fourth-order valence-corrected chi connectivity index (χ4v) is 6.55. The van der Waals surface area contributed by atoms with Crippen molar-refractivity contribution in [3.63, 3.8) is 0 Å². The van der Waals surface area contributed by atoms with Gasteiger partial charge in [0.05, 0.1) is 12.5 Å². The van der Waals surface area contributed by atoms with Gasteiger partial charge in [0.1, 0.15) is 5.75 Å². The van der Waals surface area contributed by atoms with Gasteiger partial charge in [-0.25, -0.2) is 0 Å². The Kier molecular flexibility index (Phi) is 5.61. The third-order valence-electron chi connectivity index (χ3n) is 7.11. The standard InChI is InChI=1S/C28H29NO3S/c1-28(2)23-5-3-4-6-24(23)29(13-11-27(31)32)26(28)10-8-18-12-14-33-25-17-19-7-9-21(30)15-20(19)16-22(18)25/h3-10,15-18,26,30H,11-14H2,1-2H3,(H,31,32)/b10-8+. The van der Waals surface area contributed by atoms with Crippen molar-refractivity contribution < 1.29 is 15.0 Å². The summed E-state index contributed by atoms with van der Waals surface area (Å²) in [5.41, 5.74) is 3.60. The van der Waals surface area contributed by atoms with E-state index in [1.165, 1.54) is 16.0 Å². The fourth-order valence-electron chi connectivity index (χ4n) is 5.38. The van der Waals surface area contributed by atoms with Crippen molar-refractivity contribution in [3.05, 3.63) is 77.9 Å². The maximum absolute atomic E-state index is 11.3. The number of hydrogen-bond donors (Lipinski definition) is 2. The Bertz CT molecular complexity index is 1250. The highest BCUT2D eigenvalue weighted by Gasteiger charge is 2.43. The Morgan fingerprint density at radius 2 is 1.94 bits per heavy atom. The minimum absolute atomic E-state index is 0.0942. The van der Waals surface area contributed by atoms with Crippen LogP contribution in [0.15, 0.2) is 71.6 Å². The molecule has 2 N–H and O–H groups in total. The fraction of sp³-hybridized carbons (Fsp3) is 0.321. The van der Waals surface area contributed by atoms with Crippen molar-refractivity contribution >= 4 is 34.2 Å². The van der Waals surface area contributed by atoms with Crippen LogP contribution in [0.3, 0.4) is 0 Å². The number of aromatic hydroxyl groups is 1. The smallest absolute Gasteiger partial charge is 0.305 e. The van der Waals surface area contributed by atoms with Crippen LogP contribution < -0.4 is 4.90 Å². The lowest BCUT2D eigenvalue weighted by Gasteiger charge is -2.33. The van der Waals surface area contributed by atoms with Gasteiger partial charge < -0.3 is 15.1 Å². The molecule has 3 aromatic carbocycles. The maximum atomic E-state index is 11.3. The summed E-state index contributed by atoms with van der Waals surface area (Å²) >= 11 is 1.90. The molecule has 2 unspecified atom stereocenters. The van der Waals surface area contributed by atoms with Crippen LogP contribution >= 0.6 is 11.8 Å². The van der Waals surface area contributed by atoms with Gasteiger partial charge in [-0.1, -0.05) is 50.3 Å². The second kappa shape index (κ2) is 8.45. The van der Waals surface area contributed by atoms with Gasteiger partial charge in [0.15, 0.2) is 0 Å². The van der Waals surface area contributed by atoms with E-state index in [-0.39, 0.29) is 23.6 Å². The Labute approximate surface area is 198 Å². The van der Waals surface area contributed by atoms with Gasteiger partial charge in [-0.2, -0.15) is 0 Å². The lowest BCUT2D eigenvalue weighted by molar-refractivity contribution is -0.136. The summed E-state index contributed by atoms with van der Waals surface area (Å²) in [4.78, 5) is 14.9. The third kappa shape index (κ3) is 3.99. The van der Waals surface area contributed by atoms with Crippen molar-refractivity contribution in [1.82, 2.24) is 0 Å². The zero-order valence-corrected chi connectivity index (χ0v) is 19.8. The molecular weight excluding hydrogens is 430 g/mol. The quantitative estimate of drug-likeness (QED) is 0.437. The number of allylic oxidation sites excluding steroid dienone is 1. The summed E-state index contributed by atoms with van der Waals surface area (Å²) in [6.45, 7) is 5.00. The first-order chi connectivity index (χ1) is 15.8. The highest BCUT2D eigenvalue weighted by atomic mass is 32.2. The first-order valence-corrected chi connectivity index (χ1v) is 12.5. The van der Waals surface area contributed by atoms with Crippen LogP contribution in [0.1, 0.15) is 43.7 Å². The van der Waals surface area contributed by atoms with Crippen LogP contribution in [0.4, 0.5) is 5.69 Å². The van der Waals surface area contributed by atoms with Crippen LogP contribution in [0.25, 0.3) is 10.8 Å². The third-order valence-corrected chi connectivity index (χ3v) is 8.22. The number of carboxylic acid groups (broad SMARTS) is 1. The van der Waals surface area contributed by atoms with E-state index in [2.05, 4.69) is 61.2 Å². The number of rotatable bonds is 5. The van der Waals surface area contributed by atoms with Crippen molar-refractivity contribution in [2.24, 2.45) is 0 Å². The van der Waals surface area contributed by atoms with Crippen LogP contribution in [0.5, 0.6) is 5.75 Å². The molecule has 5 heteroatoms. The van der Waals surface area contributed by atoms with Crippen molar-refractivity contribution in [2.45, 2.75) is 49.0 Å². The number of fused-ring (bicyclic) bond motifs is 3. The van der Waals surface area contributed by atoms with E-state index in [0.29, 0.717) is 12.5 Å². The molecule has 0 amide bonds. The summed E-state index contributed by atoms with van der Waals surface area (Å²) in [6.07, 6.45) is 5.82. The van der Waals surface area contributed by atoms with Crippen LogP contribution in [0.2, 0.25) is 0 Å². The van der Waals surface area contributed by atoms with Crippen molar-refractivity contribution in [1.29, 1.82) is 0 Å². The molecule has 170 valence electrons. The summed E-state index contributed by atoms with van der Waals surface area (Å²) in [6, 6.07) is 18.5. The monoisotopic (exact) mass is 459 g/mol. The molecule has 4 nitrogen and oxygen atoms in total. The minimum atomic E-state index is -0.770. The molecule has 2 atom stereocenters. The largest absolute Gasteiger partial charge is 0.508 e. The molecule has 0 saturated heterocycles. The van der Waals surface area contributed by atoms with Crippen LogP contribution in [-0.2, 0) is 10.2 Å². The van der Waals surface area contributed by atoms with Crippen LogP contribution in [0, 0.1) is 0 Å². The van der Waals surface area contributed by atoms with Gasteiger partial charge >= 0.3 is 5.97 Å². The zero-order valence-electron chi connectivity index (χ0n) is 19.0. The lowest BCUT2D eigenvalue weighted by Crippen LogP contribution is -2.41. The second-order valence-corrected chi connectivity index (χ2v) is 10.7. The molecule has 2 heterocycles. The molecule has 3 aromatic rings. The summed E-state index contributed by atoms with van der Waals surface area (Å²) in [5, 5.41) is 21.5. The normalized spacial score (nSPS) is 21.3. The number of phenols is 1. The average Bonchev–Trinajstić information content (AvgIpc) is 3.01. The average molecular weight is 460 g/mol. The number of nitrogens with zero attached hydrogens (tertiary/aromatic N) is 1. The van der Waals surface area contributed by atoms with E-state index in [9.17, 15) is 15.0 Å². The van der Waals surface area contributed by atoms with E-state index in [1.807, 2.05) is 30.0 Å². The molecule has 0 aliphatic carbocycles. The number of anilines is 1. The molecule has 33 heavy (non-hydrogen) atoms. The number of phenolic OH excluding ortho intramolecular Hbond substituents is 1. The molecule has 0 aromatic heterocycles. The second-order valence-electron chi connectivity index (χ2n) is 9.57. The molecule has 0 bridgehead atoms. The molecule has 2 aliphatic heterocycles. The van der Waals surface area contributed by atoms with Crippen LogP contribution in [-0.4, -0.2) is 34.5 Å². The zero-order chi connectivity index (χ0) is 23.2. The number of carboxylic acids is 1. The number of benzene rings is 3. The summed E-state index contributed by atoms with van der Waals surface area (Å²) in [5.74, 6) is 0.891. The maximum Gasteiger partial charge on any atom is 0.305 e. The summed E-state index contributed by atoms with van der Waals surface area (Å²) in [7, 11) is 0. The van der Waals surface area contributed by atoms with Gasteiger partial charge in [-0.05, 0) is 64.4 Å². The van der Waals surface area contributed by atoms with E-state index in [4.69, 9.17) is 0 Å². The van der Waals surface area contributed by atoms with Gasteiger partial charge in [-0.3, -0.25) is 4.79 Å². The first-order valence-electron chi connectivity index (χ1n) is 11.5. The first kappa shape index (κ1) is 21.9. The molecule has 0 spiro atoms. The van der Waals surface area contributed by atoms with E-state index in [0.717, 1.165) is 28.6 Å². The molecule has 0 saturated carbocycles. The number of hydrogen-bond acceptors (Lipinski definition) is 4. The predicted molar refractivity (Wildman–Crippen MR) is 136 cm³/mol. The number of aliphatic carboxylic acids is 1. The predicted octanol–water partition coefficient (Wildman–Crippen LogP) is 6.32. The Morgan fingerprint density at radius 3 is 2.76 bits per heavy atom. The van der Waals surface area contributed by atoms with Gasteiger partial charge in [0.25, 0.3) is 0 Å². The van der Waals surface area contributed by atoms with Gasteiger partial charge in [0, 0.05) is 28.5 Å². The minimum Gasteiger partial charge on any atom is -0.508 e. The SMILES string of the molecule is CC1(C)c2ccccc2N(CCC(=O)O)C1/C=C/C1CCSc2cc3ccc(O)cc3cc21. The Balaban J connectivity index is 1.50. The number of carbonyl (C=O) groups is 1. The van der Waals surface area contributed by atoms with Gasteiger partial charge in [-0.15, -0.1) is 11.8 Å².